The normalized spacial score (nSPS) is 20.2. The Labute approximate surface area is 96.6 Å². The molecule has 0 bridgehead atoms. The van der Waals surface area contributed by atoms with Crippen LogP contribution in [0.5, 0.6) is 5.75 Å². The molecule has 0 unspecified atom stereocenters. The summed E-state index contributed by atoms with van der Waals surface area (Å²) in [5, 5.41) is 0. The first-order valence-corrected chi connectivity index (χ1v) is 5.92. The molecule has 1 aliphatic rings. The molecular formula is C14H18O2. The Bertz CT molecular complexity index is 384. The van der Waals surface area contributed by atoms with Crippen LogP contribution in [-0.2, 0) is 11.2 Å². The van der Waals surface area contributed by atoms with E-state index >= 15 is 0 Å². The van der Waals surface area contributed by atoms with Crippen LogP contribution in [0.3, 0.4) is 0 Å². The summed E-state index contributed by atoms with van der Waals surface area (Å²) in [7, 11) is 1.69. The first-order chi connectivity index (χ1) is 7.80. The second kappa shape index (κ2) is 4.69. The summed E-state index contributed by atoms with van der Waals surface area (Å²) >= 11 is 0. The van der Waals surface area contributed by atoms with Crippen molar-refractivity contribution in [3.63, 3.8) is 0 Å². The summed E-state index contributed by atoms with van der Waals surface area (Å²) in [5.41, 5.74) is 2.70. The second-order valence-electron chi connectivity index (χ2n) is 4.42. The quantitative estimate of drug-likeness (QED) is 0.726. The van der Waals surface area contributed by atoms with Gasteiger partial charge in [0.2, 0.25) is 0 Å². The van der Waals surface area contributed by atoms with E-state index in [4.69, 9.17) is 4.74 Å². The Morgan fingerprint density at radius 3 is 3.00 bits per heavy atom. The number of hydrogen-bond acceptors (Lipinski definition) is 2. The van der Waals surface area contributed by atoms with Crippen LogP contribution in [0, 0.1) is 5.92 Å². The number of aldehydes is 1. The van der Waals surface area contributed by atoms with E-state index in [1.54, 1.807) is 7.11 Å². The molecule has 0 aliphatic heterocycles. The molecule has 0 radical (unpaired) electrons. The summed E-state index contributed by atoms with van der Waals surface area (Å²) in [6.07, 6.45) is 4.21. The molecule has 0 heterocycles. The summed E-state index contributed by atoms with van der Waals surface area (Å²) < 4.78 is 5.22. The van der Waals surface area contributed by atoms with Gasteiger partial charge in [-0.2, -0.15) is 0 Å². The topological polar surface area (TPSA) is 26.3 Å². The fourth-order valence-electron chi connectivity index (χ4n) is 2.67. The molecule has 0 N–H and O–H groups in total. The van der Waals surface area contributed by atoms with Crippen molar-refractivity contribution in [2.45, 2.75) is 32.1 Å². The maximum Gasteiger partial charge on any atom is 0.123 e. The monoisotopic (exact) mass is 218 g/mol. The third kappa shape index (κ3) is 1.84. The molecule has 0 fully saturated rings. The molecule has 86 valence electrons. The Morgan fingerprint density at radius 1 is 1.56 bits per heavy atom. The fourth-order valence-corrected chi connectivity index (χ4v) is 2.67. The van der Waals surface area contributed by atoms with Crippen LogP contribution in [0.2, 0.25) is 0 Å². The van der Waals surface area contributed by atoms with Crippen LogP contribution in [0.1, 0.15) is 36.8 Å². The zero-order valence-electron chi connectivity index (χ0n) is 9.90. The SMILES string of the molecule is CC[C@H](C=O)[C@@H]1CCc2cc(OC)ccc21. The van der Waals surface area contributed by atoms with Crippen molar-refractivity contribution in [1.82, 2.24) is 0 Å². The molecule has 1 aromatic carbocycles. The molecule has 0 saturated carbocycles. The van der Waals surface area contributed by atoms with E-state index in [1.165, 1.54) is 11.1 Å². The van der Waals surface area contributed by atoms with E-state index in [-0.39, 0.29) is 5.92 Å². The molecule has 0 amide bonds. The largest absolute Gasteiger partial charge is 0.497 e. The number of carbonyl (C=O) groups is 1. The molecule has 0 spiro atoms. The van der Waals surface area contributed by atoms with E-state index in [9.17, 15) is 4.79 Å². The van der Waals surface area contributed by atoms with E-state index in [1.807, 2.05) is 6.07 Å². The van der Waals surface area contributed by atoms with Gasteiger partial charge in [-0.25, -0.2) is 0 Å². The van der Waals surface area contributed by atoms with Crippen molar-refractivity contribution in [2.24, 2.45) is 5.92 Å². The molecule has 0 saturated heterocycles. The molecule has 1 aliphatic carbocycles. The molecule has 2 nitrogen and oxygen atoms in total. The molecular weight excluding hydrogens is 200 g/mol. The lowest BCUT2D eigenvalue weighted by Gasteiger charge is -2.17. The number of carbonyl (C=O) groups excluding carboxylic acids is 1. The minimum Gasteiger partial charge on any atom is -0.497 e. The van der Waals surface area contributed by atoms with Crippen LogP contribution in [0.4, 0.5) is 0 Å². The highest BCUT2D eigenvalue weighted by Crippen LogP contribution is 2.40. The first-order valence-electron chi connectivity index (χ1n) is 5.92. The summed E-state index contributed by atoms with van der Waals surface area (Å²) in [6, 6.07) is 6.22. The van der Waals surface area contributed by atoms with Gasteiger partial charge in [-0.15, -0.1) is 0 Å². The summed E-state index contributed by atoms with van der Waals surface area (Å²) in [5.74, 6) is 1.51. The zero-order chi connectivity index (χ0) is 11.5. The summed E-state index contributed by atoms with van der Waals surface area (Å²) in [6.45, 7) is 2.08. The molecule has 2 atom stereocenters. The zero-order valence-corrected chi connectivity index (χ0v) is 9.90. The van der Waals surface area contributed by atoms with Crippen molar-refractivity contribution in [3.05, 3.63) is 29.3 Å². The number of fused-ring (bicyclic) bond motifs is 1. The Hall–Kier alpha value is -1.31. The van der Waals surface area contributed by atoms with Gasteiger partial charge in [0.1, 0.15) is 12.0 Å². The van der Waals surface area contributed by atoms with Gasteiger partial charge in [0, 0.05) is 5.92 Å². The third-order valence-electron chi connectivity index (χ3n) is 3.64. The third-order valence-corrected chi connectivity index (χ3v) is 3.64. The molecule has 0 aromatic heterocycles. The van der Waals surface area contributed by atoms with Gasteiger partial charge >= 0.3 is 0 Å². The second-order valence-corrected chi connectivity index (χ2v) is 4.42. The van der Waals surface area contributed by atoms with Crippen molar-refractivity contribution in [2.75, 3.05) is 7.11 Å². The fraction of sp³-hybridized carbons (Fsp3) is 0.500. The minimum atomic E-state index is 0.176. The maximum absolute atomic E-state index is 11.0. The van der Waals surface area contributed by atoms with Crippen molar-refractivity contribution >= 4 is 6.29 Å². The Morgan fingerprint density at radius 2 is 2.38 bits per heavy atom. The standard InChI is InChI=1S/C14H18O2/c1-3-10(9-15)13-6-4-11-8-12(16-2)5-7-14(11)13/h5,7-10,13H,3-4,6H2,1-2H3/t10-,13+/m1/s1. The number of benzene rings is 1. The lowest BCUT2D eigenvalue weighted by Crippen LogP contribution is -2.10. The molecule has 1 aromatic rings. The van der Waals surface area contributed by atoms with Crippen molar-refractivity contribution in [1.29, 1.82) is 0 Å². The number of aryl methyl sites for hydroxylation is 1. The predicted octanol–water partition coefficient (Wildman–Crippen LogP) is 2.95. The smallest absolute Gasteiger partial charge is 0.123 e. The molecule has 2 rings (SSSR count). The predicted molar refractivity (Wildman–Crippen MR) is 63.9 cm³/mol. The summed E-state index contributed by atoms with van der Waals surface area (Å²) in [4.78, 5) is 11.0. The van der Waals surface area contributed by atoms with Crippen LogP contribution < -0.4 is 4.74 Å². The number of ether oxygens (including phenoxy) is 1. The van der Waals surface area contributed by atoms with Gasteiger partial charge in [-0.05, 0) is 48.4 Å². The molecule has 2 heteroatoms. The van der Waals surface area contributed by atoms with Gasteiger partial charge < -0.3 is 9.53 Å². The van der Waals surface area contributed by atoms with Crippen molar-refractivity contribution < 1.29 is 9.53 Å². The van der Waals surface area contributed by atoms with Gasteiger partial charge in [0.25, 0.3) is 0 Å². The van der Waals surface area contributed by atoms with E-state index in [2.05, 4.69) is 19.1 Å². The minimum absolute atomic E-state index is 0.176. The average molecular weight is 218 g/mol. The first kappa shape index (κ1) is 11.2. The number of methoxy groups -OCH3 is 1. The Kier molecular flexibility index (Phi) is 3.28. The Balaban J connectivity index is 2.29. The van der Waals surface area contributed by atoms with E-state index in [0.717, 1.165) is 31.3 Å². The van der Waals surface area contributed by atoms with Gasteiger partial charge in [0.05, 0.1) is 7.11 Å². The van der Waals surface area contributed by atoms with E-state index in [0.29, 0.717) is 5.92 Å². The highest BCUT2D eigenvalue weighted by Gasteiger charge is 2.28. The van der Waals surface area contributed by atoms with Crippen LogP contribution in [-0.4, -0.2) is 13.4 Å². The molecule has 16 heavy (non-hydrogen) atoms. The van der Waals surface area contributed by atoms with Gasteiger partial charge in [-0.3, -0.25) is 0 Å². The van der Waals surface area contributed by atoms with Gasteiger partial charge in [0.15, 0.2) is 0 Å². The van der Waals surface area contributed by atoms with Crippen LogP contribution >= 0.6 is 0 Å². The number of hydrogen-bond donors (Lipinski definition) is 0. The lowest BCUT2D eigenvalue weighted by atomic mass is 9.86. The van der Waals surface area contributed by atoms with Crippen LogP contribution in [0.15, 0.2) is 18.2 Å². The number of rotatable bonds is 4. The maximum atomic E-state index is 11.0. The van der Waals surface area contributed by atoms with Crippen LogP contribution in [0.25, 0.3) is 0 Å². The average Bonchev–Trinajstić information content (AvgIpc) is 2.74. The highest BCUT2D eigenvalue weighted by molar-refractivity contribution is 5.57. The van der Waals surface area contributed by atoms with E-state index < -0.39 is 0 Å². The van der Waals surface area contributed by atoms with Crippen molar-refractivity contribution in [3.8, 4) is 5.75 Å². The highest BCUT2D eigenvalue weighted by atomic mass is 16.5. The lowest BCUT2D eigenvalue weighted by molar-refractivity contribution is -0.111. The van der Waals surface area contributed by atoms with Gasteiger partial charge in [-0.1, -0.05) is 13.0 Å².